The van der Waals surface area contributed by atoms with E-state index in [1.54, 1.807) is 4.90 Å². The Labute approximate surface area is 201 Å². The highest BCUT2D eigenvalue weighted by atomic mass is 16.5. The molecule has 0 aromatic heterocycles. The highest BCUT2D eigenvalue weighted by Gasteiger charge is 2.35. The fraction of sp³-hybridized carbons (Fsp3) is 0.310. The molecule has 3 aromatic carbocycles. The van der Waals surface area contributed by atoms with Crippen molar-refractivity contribution in [3.63, 3.8) is 0 Å². The Hall–Kier alpha value is -3.60. The molecular formula is C29H32N2O3. The summed E-state index contributed by atoms with van der Waals surface area (Å²) in [5.74, 6) is 1.39. The number of nitrogens with zero attached hydrogens (tertiary/aromatic N) is 1. The van der Waals surface area contributed by atoms with Crippen molar-refractivity contribution >= 4 is 23.2 Å². The predicted molar refractivity (Wildman–Crippen MR) is 137 cm³/mol. The average molecular weight is 457 g/mol. The summed E-state index contributed by atoms with van der Waals surface area (Å²) in [5.41, 5.74) is 5.00. The Morgan fingerprint density at radius 1 is 1.09 bits per heavy atom. The standard InChI is InChI=1S/C29H32N2O3/c1-5-21-8-6-7-9-26(21)31-18-22(17-28(31)32)29(33)30-23-11-13-24(14-12-23)34-27-16-20(4)10-15-25(27)19(2)3/h6-16,19,22H,5,17-18H2,1-4H3,(H,30,33)/t22-/m1/s1. The minimum atomic E-state index is -0.380. The first-order valence-electron chi connectivity index (χ1n) is 11.9. The Morgan fingerprint density at radius 3 is 2.53 bits per heavy atom. The van der Waals surface area contributed by atoms with Gasteiger partial charge in [0, 0.05) is 24.3 Å². The van der Waals surface area contributed by atoms with E-state index in [4.69, 9.17) is 4.74 Å². The molecule has 2 amide bonds. The van der Waals surface area contributed by atoms with Crippen molar-refractivity contribution in [2.75, 3.05) is 16.8 Å². The second kappa shape index (κ2) is 10.1. The van der Waals surface area contributed by atoms with Gasteiger partial charge in [-0.15, -0.1) is 0 Å². The van der Waals surface area contributed by atoms with Crippen LogP contribution in [0.1, 0.15) is 49.8 Å². The number of ether oxygens (including phenoxy) is 1. The number of aryl methyl sites for hydroxylation is 2. The molecule has 34 heavy (non-hydrogen) atoms. The smallest absolute Gasteiger partial charge is 0.229 e. The van der Waals surface area contributed by atoms with Gasteiger partial charge in [-0.05, 0) is 72.4 Å². The van der Waals surface area contributed by atoms with Gasteiger partial charge in [-0.25, -0.2) is 0 Å². The van der Waals surface area contributed by atoms with Crippen LogP contribution in [0.15, 0.2) is 66.7 Å². The van der Waals surface area contributed by atoms with Crippen LogP contribution in [0.4, 0.5) is 11.4 Å². The average Bonchev–Trinajstić information content (AvgIpc) is 3.21. The van der Waals surface area contributed by atoms with Crippen molar-refractivity contribution in [3.8, 4) is 11.5 Å². The molecule has 1 aliphatic rings. The number of nitrogens with one attached hydrogen (secondary N) is 1. The Balaban J connectivity index is 1.41. The number of anilines is 2. The molecule has 1 fully saturated rings. The fourth-order valence-corrected chi connectivity index (χ4v) is 4.37. The normalized spacial score (nSPS) is 15.6. The third-order valence-corrected chi connectivity index (χ3v) is 6.30. The van der Waals surface area contributed by atoms with Gasteiger partial charge >= 0.3 is 0 Å². The number of carbonyl (C=O) groups is 2. The largest absolute Gasteiger partial charge is 0.457 e. The summed E-state index contributed by atoms with van der Waals surface area (Å²) in [5, 5.41) is 2.96. The zero-order valence-corrected chi connectivity index (χ0v) is 20.3. The molecule has 0 unspecified atom stereocenters. The lowest BCUT2D eigenvalue weighted by Gasteiger charge is -2.20. The molecule has 1 N–H and O–H groups in total. The van der Waals surface area contributed by atoms with Crippen molar-refractivity contribution in [2.45, 2.75) is 46.5 Å². The van der Waals surface area contributed by atoms with Crippen LogP contribution in [0.25, 0.3) is 0 Å². The minimum Gasteiger partial charge on any atom is -0.457 e. The summed E-state index contributed by atoms with van der Waals surface area (Å²) >= 11 is 0. The molecule has 3 aromatic rings. The van der Waals surface area contributed by atoms with Crippen molar-refractivity contribution in [1.82, 2.24) is 0 Å². The topological polar surface area (TPSA) is 58.6 Å². The molecular weight excluding hydrogens is 424 g/mol. The van der Waals surface area contributed by atoms with E-state index in [0.717, 1.165) is 34.5 Å². The second-order valence-electron chi connectivity index (χ2n) is 9.20. The molecule has 1 aliphatic heterocycles. The van der Waals surface area contributed by atoms with Crippen LogP contribution in [-0.4, -0.2) is 18.4 Å². The number of hydrogen-bond donors (Lipinski definition) is 1. The first-order chi connectivity index (χ1) is 16.4. The quantitative estimate of drug-likeness (QED) is 0.444. The van der Waals surface area contributed by atoms with E-state index >= 15 is 0 Å². The molecule has 5 nitrogen and oxygen atoms in total. The Kier molecular flexibility index (Phi) is 7.01. The summed E-state index contributed by atoms with van der Waals surface area (Å²) in [4.78, 5) is 27.3. The number of rotatable bonds is 7. The lowest BCUT2D eigenvalue weighted by atomic mass is 10.0. The maximum Gasteiger partial charge on any atom is 0.229 e. The van der Waals surface area contributed by atoms with E-state index in [1.807, 2.05) is 61.5 Å². The first-order valence-corrected chi connectivity index (χ1v) is 11.9. The van der Waals surface area contributed by atoms with Gasteiger partial charge in [-0.3, -0.25) is 9.59 Å². The summed E-state index contributed by atoms with van der Waals surface area (Å²) < 4.78 is 6.15. The van der Waals surface area contributed by atoms with Crippen LogP contribution < -0.4 is 15.0 Å². The Morgan fingerprint density at radius 2 is 1.82 bits per heavy atom. The lowest BCUT2D eigenvalue weighted by molar-refractivity contribution is -0.122. The second-order valence-corrected chi connectivity index (χ2v) is 9.20. The van der Waals surface area contributed by atoms with Gasteiger partial charge in [0.25, 0.3) is 0 Å². The molecule has 176 valence electrons. The van der Waals surface area contributed by atoms with Crippen molar-refractivity contribution in [2.24, 2.45) is 5.92 Å². The summed E-state index contributed by atoms with van der Waals surface area (Å²) in [7, 11) is 0. The van der Waals surface area contributed by atoms with Crippen molar-refractivity contribution in [1.29, 1.82) is 0 Å². The number of hydrogen-bond acceptors (Lipinski definition) is 3. The molecule has 0 aliphatic carbocycles. The van der Waals surface area contributed by atoms with E-state index in [2.05, 4.69) is 38.2 Å². The SMILES string of the molecule is CCc1ccccc1N1C[C@H](C(=O)Nc2ccc(Oc3cc(C)ccc3C(C)C)cc2)CC1=O. The van der Waals surface area contributed by atoms with E-state index in [0.29, 0.717) is 23.9 Å². The highest BCUT2D eigenvalue weighted by Crippen LogP contribution is 2.33. The van der Waals surface area contributed by atoms with Crippen LogP contribution >= 0.6 is 0 Å². The van der Waals surface area contributed by atoms with Gasteiger partial charge in [0.2, 0.25) is 11.8 Å². The van der Waals surface area contributed by atoms with E-state index in [9.17, 15) is 9.59 Å². The van der Waals surface area contributed by atoms with Gasteiger partial charge in [0.1, 0.15) is 11.5 Å². The summed E-state index contributed by atoms with van der Waals surface area (Å²) in [6.07, 6.45) is 1.06. The molecule has 5 heteroatoms. The predicted octanol–water partition coefficient (Wildman–Crippen LogP) is 6.46. The highest BCUT2D eigenvalue weighted by molar-refractivity contribution is 6.03. The van der Waals surface area contributed by atoms with Crippen LogP contribution in [0, 0.1) is 12.8 Å². The number of amides is 2. The van der Waals surface area contributed by atoms with Gasteiger partial charge in [-0.1, -0.05) is 51.1 Å². The number of para-hydroxylation sites is 1. The van der Waals surface area contributed by atoms with Crippen LogP contribution in [-0.2, 0) is 16.0 Å². The van der Waals surface area contributed by atoms with Crippen LogP contribution in [0.5, 0.6) is 11.5 Å². The minimum absolute atomic E-state index is 0.0103. The zero-order chi connectivity index (χ0) is 24.2. The van der Waals surface area contributed by atoms with Crippen molar-refractivity contribution < 1.29 is 14.3 Å². The van der Waals surface area contributed by atoms with Gasteiger partial charge in [0.15, 0.2) is 0 Å². The third-order valence-electron chi connectivity index (χ3n) is 6.30. The number of benzene rings is 3. The number of carbonyl (C=O) groups excluding carboxylic acids is 2. The van der Waals surface area contributed by atoms with Crippen molar-refractivity contribution in [3.05, 3.63) is 83.4 Å². The molecule has 1 saturated heterocycles. The van der Waals surface area contributed by atoms with Gasteiger partial charge in [-0.2, -0.15) is 0 Å². The third kappa shape index (κ3) is 5.14. The van der Waals surface area contributed by atoms with E-state index in [1.165, 1.54) is 0 Å². The molecule has 0 spiro atoms. The summed E-state index contributed by atoms with van der Waals surface area (Å²) in [6, 6.07) is 21.5. The molecule has 0 saturated carbocycles. The monoisotopic (exact) mass is 456 g/mol. The maximum absolute atomic E-state index is 12.9. The molecule has 0 bridgehead atoms. The fourth-order valence-electron chi connectivity index (χ4n) is 4.37. The Bertz CT molecular complexity index is 1180. The zero-order valence-electron chi connectivity index (χ0n) is 20.3. The molecule has 4 rings (SSSR count). The summed E-state index contributed by atoms with van der Waals surface area (Å²) in [6.45, 7) is 8.80. The molecule has 0 radical (unpaired) electrons. The van der Waals surface area contributed by atoms with Gasteiger partial charge < -0.3 is 15.0 Å². The van der Waals surface area contributed by atoms with Crippen LogP contribution in [0.3, 0.4) is 0 Å². The molecule has 1 atom stereocenters. The maximum atomic E-state index is 12.9. The first kappa shape index (κ1) is 23.6. The van der Waals surface area contributed by atoms with Crippen LogP contribution in [0.2, 0.25) is 0 Å². The van der Waals surface area contributed by atoms with Gasteiger partial charge in [0.05, 0.1) is 5.92 Å². The van der Waals surface area contributed by atoms with E-state index < -0.39 is 0 Å². The molecule has 1 heterocycles. The van der Waals surface area contributed by atoms with E-state index in [-0.39, 0.29) is 24.2 Å². The lowest BCUT2D eigenvalue weighted by Crippen LogP contribution is -2.28.